The van der Waals surface area contributed by atoms with E-state index < -0.39 is 12.1 Å². The number of morpholine rings is 1. The van der Waals surface area contributed by atoms with Gasteiger partial charge in [0, 0.05) is 20.1 Å². The third-order valence-corrected chi connectivity index (χ3v) is 5.90. The van der Waals surface area contributed by atoms with Gasteiger partial charge in [-0.2, -0.15) is 0 Å². The molecule has 2 aliphatic heterocycles. The van der Waals surface area contributed by atoms with Crippen LogP contribution >= 0.6 is 0 Å². The van der Waals surface area contributed by atoms with Crippen molar-refractivity contribution in [2.45, 2.75) is 38.5 Å². The van der Waals surface area contributed by atoms with Gasteiger partial charge in [0.15, 0.2) is 6.10 Å². The number of carbonyl (C=O) groups excluding carboxylic acids is 2. The van der Waals surface area contributed by atoms with Gasteiger partial charge in [0.1, 0.15) is 6.61 Å². The molecule has 1 fully saturated rings. The van der Waals surface area contributed by atoms with E-state index in [2.05, 4.69) is 18.2 Å². The summed E-state index contributed by atoms with van der Waals surface area (Å²) in [6, 6.07) is 15.8. The largest absolute Gasteiger partial charge is 0.356 e. The average Bonchev–Trinajstić information content (AvgIpc) is 2.92. The zero-order valence-corrected chi connectivity index (χ0v) is 16.4. The molecule has 28 heavy (non-hydrogen) atoms. The van der Waals surface area contributed by atoms with Crippen LogP contribution in [0.2, 0.25) is 0 Å². The number of hydrogen-bond acceptors (Lipinski definition) is 3. The van der Waals surface area contributed by atoms with E-state index in [1.807, 2.05) is 42.2 Å². The van der Waals surface area contributed by atoms with Crippen molar-refractivity contribution in [3.63, 3.8) is 0 Å². The molecule has 5 nitrogen and oxygen atoms in total. The summed E-state index contributed by atoms with van der Waals surface area (Å²) >= 11 is 0. The first-order chi connectivity index (χ1) is 13.6. The molecule has 0 unspecified atom stereocenters. The lowest BCUT2D eigenvalue weighted by molar-refractivity contribution is -0.167. The van der Waals surface area contributed by atoms with Crippen molar-refractivity contribution in [2.75, 3.05) is 20.2 Å². The van der Waals surface area contributed by atoms with Crippen LogP contribution in [-0.2, 0) is 27.3 Å². The van der Waals surface area contributed by atoms with E-state index in [-0.39, 0.29) is 18.4 Å². The molecule has 0 bridgehead atoms. The Balaban J connectivity index is 1.65. The fraction of sp³-hybridized carbons (Fsp3) is 0.391. The topological polar surface area (TPSA) is 49.9 Å². The van der Waals surface area contributed by atoms with Gasteiger partial charge in [-0.25, -0.2) is 0 Å². The third kappa shape index (κ3) is 3.42. The van der Waals surface area contributed by atoms with E-state index in [9.17, 15) is 9.59 Å². The Labute approximate surface area is 165 Å². The monoisotopic (exact) mass is 378 g/mol. The van der Waals surface area contributed by atoms with Crippen LogP contribution in [0.3, 0.4) is 0 Å². The van der Waals surface area contributed by atoms with Gasteiger partial charge in [0.05, 0.1) is 6.04 Å². The Kier molecular flexibility index (Phi) is 5.18. The molecule has 1 saturated heterocycles. The summed E-state index contributed by atoms with van der Waals surface area (Å²) in [6.07, 6.45) is 1.22. The van der Waals surface area contributed by atoms with Crippen molar-refractivity contribution < 1.29 is 14.3 Å². The van der Waals surface area contributed by atoms with Crippen LogP contribution in [0.4, 0.5) is 0 Å². The number of carbonyl (C=O) groups is 2. The van der Waals surface area contributed by atoms with E-state index in [4.69, 9.17) is 4.74 Å². The molecule has 0 N–H and O–H groups in total. The first-order valence-electron chi connectivity index (χ1n) is 9.84. The second kappa shape index (κ2) is 7.76. The quantitative estimate of drug-likeness (QED) is 0.807. The van der Waals surface area contributed by atoms with E-state index in [0.29, 0.717) is 13.1 Å². The minimum Gasteiger partial charge on any atom is -0.356 e. The number of nitrogens with zero attached hydrogens (tertiary/aromatic N) is 2. The standard InChI is InChI=1S/C23H26N2O3/c1-16-8-3-6-12-19(16)21-22(28-15-20(26)24(21)2)23(27)25-13-7-11-17-9-4-5-10-18(17)14-25/h3-6,8-10,12,21-22H,7,11,13-15H2,1-2H3/t21-,22+/m1/s1. The molecule has 0 saturated carbocycles. The molecular formula is C23H26N2O3. The molecule has 2 heterocycles. The SMILES string of the molecule is Cc1ccccc1[C@@H]1[C@@H](C(=O)N2CCCc3ccccc3C2)OCC(=O)N1C. The molecule has 2 amide bonds. The zero-order valence-electron chi connectivity index (χ0n) is 16.4. The van der Waals surface area contributed by atoms with Gasteiger partial charge in [0.25, 0.3) is 5.91 Å². The lowest BCUT2D eigenvalue weighted by atomic mass is 9.93. The van der Waals surface area contributed by atoms with E-state index in [0.717, 1.165) is 24.0 Å². The first kappa shape index (κ1) is 18.7. The number of rotatable bonds is 2. The Morgan fingerprint density at radius 3 is 2.57 bits per heavy atom. The first-order valence-corrected chi connectivity index (χ1v) is 9.84. The molecular weight excluding hydrogens is 352 g/mol. The number of hydrogen-bond donors (Lipinski definition) is 0. The van der Waals surface area contributed by atoms with Crippen LogP contribution < -0.4 is 0 Å². The fourth-order valence-electron chi connectivity index (χ4n) is 4.28. The van der Waals surface area contributed by atoms with Crippen LogP contribution in [0, 0.1) is 6.92 Å². The number of fused-ring (bicyclic) bond motifs is 1. The summed E-state index contributed by atoms with van der Waals surface area (Å²) in [5.41, 5.74) is 4.52. The predicted octanol–water partition coefficient (Wildman–Crippen LogP) is 2.87. The fourth-order valence-corrected chi connectivity index (χ4v) is 4.28. The molecule has 146 valence electrons. The van der Waals surface area contributed by atoms with Gasteiger partial charge in [-0.3, -0.25) is 9.59 Å². The molecule has 0 aromatic heterocycles. The summed E-state index contributed by atoms with van der Waals surface area (Å²) in [5, 5.41) is 0. The highest BCUT2D eigenvalue weighted by Gasteiger charge is 2.42. The maximum Gasteiger partial charge on any atom is 0.254 e. The van der Waals surface area contributed by atoms with E-state index in [1.165, 1.54) is 11.1 Å². The maximum absolute atomic E-state index is 13.5. The van der Waals surface area contributed by atoms with Gasteiger partial charge in [0.2, 0.25) is 5.91 Å². The van der Waals surface area contributed by atoms with Crippen molar-refractivity contribution in [2.24, 2.45) is 0 Å². The second-order valence-corrected chi connectivity index (χ2v) is 7.67. The lowest BCUT2D eigenvalue weighted by Crippen LogP contribution is -2.54. The summed E-state index contributed by atoms with van der Waals surface area (Å²) in [6.45, 7) is 3.24. The Morgan fingerprint density at radius 2 is 1.79 bits per heavy atom. The summed E-state index contributed by atoms with van der Waals surface area (Å²) in [4.78, 5) is 29.4. The summed E-state index contributed by atoms with van der Waals surface area (Å²) in [7, 11) is 1.76. The number of amides is 2. The average molecular weight is 378 g/mol. The molecule has 4 rings (SSSR count). The van der Waals surface area contributed by atoms with Crippen molar-refractivity contribution in [1.82, 2.24) is 9.80 Å². The Hall–Kier alpha value is -2.66. The second-order valence-electron chi connectivity index (χ2n) is 7.67. The van der Waals surface area contributed by atoms with Crippen LogP contribution in [0.15, 0.2) is 48.5 Å². The van der Waals surface area contributed by atoms with Gasteiger partial charge in [-0.05, 0) is 42.0 Å². The van der Waals surface area contributed by atoms with Gasteiger partial charge in [-0.1, -0.05) is 48.5 Å². The van der Waals surface area contributed by atoms with Crippen LogP contribution in [-0.4, -0.2) is 47.9 Å². The highest BCUT2D eigenvalue weighted by atomic mass is 16.5. The maximum atomic E-state index is 13.5. The minimum atomic E-state index is -0.686. The van der Waals surface area contributed by atoms with E-state index in [1.54, 1.807) is 11.9 Å². The number of ether oxygens (including phenoxy) is 1. The summed E-state index contributed by atoms with van der Waals surface area (Å²) in [5.74, 6) is -0.136. The summed E-state index contributed by atoms with van der Waals surface area (Å²) < 4.78 is 5.84. The molecule has 5 heteroatoms. The smallest absolute Gasteiger partial charge is 0.254 e. The normalized spacial score (nSPS) is 22.6. The van der Waals surface area contributed by atoms with Crippen molar-refractivity contribution in [3.8, 4) is 0 Å². The van der Waals surface area contributed by atoms with Crippen LogP contribution in [0.1, 0.15) is 34.7 Å². The minimum absolute atomic E-state index is 0.0377. The third-order valence-electron chi connectivity index (χ3n) is 5.90. The molecule has 2 aromatic rings. The molecule has 2 aliphatic rings. The molecule has 2 atom stereocenters. The predicted molar refractivity (Wildman–Crippen MR) is 107 cm³/mol. The Morgan fingerprint density at radius 1 is 1.07 bits per heavy atom. The highest BCUT2D eigenvalue weighted by Crippen LogP contribution is 2.33. The highest BCUT2D eigenvalue weighted by molar-refractivity contribution is 5.86. The van der Waals surface area contributed by atoms with Crippen molar-refractivity contribution in [1.29, 1.82) is 0 Å². The zero-order chi connectivity index (χ0) is 19.7. The van der Waals surface area contributed by atoms with Crippen molar-refractivity contribution in [3.05, 3.63) is 70.8 Å². The van der Waals surface area contributed by atoms with Gasteiger partial charge in [-0.15, -0.1) is 0 Å². The molecule has 2 aromatic carbocycles. The molecule has 0 radical (unpaired) electrons. The number of likely N-dealkylation sites (N-methyl/N-ethyl adjacent to an activating group) is 1. The van der Waals surface area contributed by atoms with Crippen LogP contribution in [0.5, 0.6) is 0 Å². The molecule has 0 spiro atoms. The van der Waals surface area contributed by atoms with Crippen LogP contribution in [0.25, 0.3) is 0 Å². The van der Waals surface area contributed by atoms with Gasteiger partial charge < -0.3 is 14.5 Å². The van der Waals surface area contributed by atoms with E-state index >= 15 is 0 Å². The van der Waals surface area contributed by atoms with Crippen molar-refractivity contribution >= 4 is 11.8 Å². The molecule has 0 aliphatic carbocycles. The number of benzene rings is 2. The lowest BCUT2D eigenvalue weighted by Gasteiger charge is -2.40. The Bertz CT molecular complexity index is 895. The van der Waals surface area contributed by atoms with Gasteiger partial charge >= 0.3 is 0 Å². The number of aryl methyl sites for hydroxylation is 2.